The molecule has 16 heteroatoms. The highest BCUT2D eigenvalue weighted by Gasteiger charge is 2.37. The Hall–Kier alpha value is 0.260. The first-order valence-corrected chi connectivity index (χ1v) is 17.1. The van der Waals surface area contributed by atoms with E-state index in [4.69, 9.17) is 25.9 Å². The van der Waals surface area contributed by atoms with Crippen LogP contribution in [0.3, 0.4) is 0 Å². The van der Waals surface area contributed by atoms with Gasteiger partial charge in [0.05, 0.1) is 20.6 Å². The lowest BCUT2D eigenvalue weighted by molar-refractivity contribution is -0.0522. The van der Waals surface area contributed by atoms with Crippen molar-refractivity contribution in [2.45, 2.75) is 140 Å². The lowest BCUT2D eigenvalue weighted by atomic mass is 10.1. The van der Waals surface area contributed by atoms with Gasteiger partial charge < -0.3 is 9.11 Å². The molecule has 0 radical (unpaired) electrons. The van der Waals surface area contributed by atoms with E-state index in [0.717, 1.165) is 0 Å². The lowest BCUT2D eigenvalue weighted by Gasteiger charge is -2.26. The zero-order valence-corrected chi connectivity index (χ0v) is 28.5. The Bertz CT molecular complexity index is 768. The summed E-state index contributed by atoms with van der Waals surface area (Å²) >= 11 is 0. The second kappa shape index (κ2) is 16.6. The Morgan fingerprint density at radius 1 is 0.474 bits per heavy atom. The van der Waals surface area contributed by atoms with Crippen LogP contribution in [0.4, 0.5) is 26.3 Å². The molecule has 0 heterocycles. The van der Waals surface area contributed by atoms with Gasteiger partial charge in [-0.05, 0) is 98.2 Å². The average Bonchev–Trinajstić information content (AvgIpc) is 2.65. The third-order valence-electron chi connectivity index (χ3n) is 5.77. The van der Waals surface area contributed by atoms with E-state index < -0.39 is 31.3 Å². The van der Waals surface area contributed by atoms with E-state index in [0.29, 0.717) is 37.8 Å². The number of alkyl halides is 6. The van der Waals surface area contributed by atoms with Crippen molar-refractivity contribution in [3.63, 3.8) is 0 Å². The molecular weight excluding hydrogens is 600 g/mol. The predicted molar refractivity (Wildman–Crippen MR) is 148 cm³/mol. The van der Waals surface area contributed by atoms with Crippen LogP contribution in [0.2, 0.25) is 0 Å². The predicted octanol–water partition coefficient (Wildman–Crippen LogP) is 7.65. The molecule has 0 aliphatic rings. The third kappa shape index (κ3) is 25.2. The molecule has 0 aliphatic carbocycles. The Labute approximate surface area is 230 Å². The van der Waals surface area contributed by atoms with Gasteiger partial charge in [0, 0.05) is 0 Å². The van der Waals surface area contributed by atoms with E-state index in [1.807, 2.05) is 0 Å². The highest BCUT2D eigenvalue weighted by atomic mass is 32.2. The van der Waals surface area contributed by atoms with Crippen LogP contribution in [-0.2, 0) is 20.2 Å². The van der Waals surface area contributed by atoms with E-state index >= 15 is 0 Å². The SMILES string of the molecule is CCC(C)(C)[PH2+]C(C)(C)CC.CCC(C)(C)[PH2+]C(C)(C)CC.O=S(=O)([O-])C(F)(F)F.O=S(=O)([O-])C(F)(F)F. The lowest BCUT2D eigenvalue weighted by Crippen LogP contribution is -2.22. The molecular formula is C22H48F6O6P2S2. The summed E-state index contributed by atoms with van der Waals surface area (Å²) in [5.41, 5.74) is -11.3. The van der Waals surface area contributed by atoms with Gasteiger partial charge >= 0.3 is 11.0 Å². The maximum absolute atomic E-state index is 10.7. The minimum atomic E-state index is -6.09. The second-order valence-electron chi connectivity index (χ2n) is 11.5. The maximum Gasteiger partial charge on any atom is 0.485 e. The molecule has 0 bridgehead atoms. The van der Waals surface area contributed by atoms with Gasteiger partial charge in [0.25, 0.3) is 0 Å². The van der Waals surface area contributed by atoms with E-state index in [9.17, 15) is 26.3 Å². The van der Waals surface area contributed by atoms with Crippen molar-refractivity contribution in [1.29, 1.82) is 0 Å². The van der Waals surface area contributed by atoms with Crippen LogP contribution in [0.25, 0.3) is 0 Å². The van der Waals surface area contributed by atoms with Crippen LogP contribution < -0.4 is 0 Å². The number of hydrogen-bond acceptors (Lipinski definition) is 6. The minimum Gasteiger partial charge on any atom is -0.741 e. The van der Waals surface area contributed by atoms with Crippen LogP contribution in [0.1, 0.15) is 109 Å². The highest BCUT2D eigenvalue weighted by Crippen LogP contribution is 2.47. The first-order chi connectivity index (χ1) is 16.2. The largest absolute Gasteiger partial charge is 0.741 e. The molecule has 0 aliphatic heterocycles. The topological polar surface area (TPSA) is 114 Å². The quantitative estimate of drug-likeness (QED) is 0.116. The zero-order valence-electron chi connectivity index (χ0n) is 24.5. The van der Waals surface area contributed by atoms with Gasteiger partial charge in [0.2, 0.25) is 0 Å². The molecule has 0 spiro atoms. The standard InChI is InChI=1S/2C10H23P.2CHF3O3S/c2*1-7-9(3,4)11-10(5,6)8-2;2*2-1(3,4)8(5,6)7/h2*11H,7-8H2,1-6H3;2*(H,5,6,7). The second-order valence-corrected chi connectivity index (χ2v) is 21.0. The summed E-state index contributed by atoms with van der Waals surface area (Å²) in [7, 11) is -11.0. The van der Waals surface area contributed by atoms with Crippen molar-refractivity contribution in [3.8, 4) is 0 Å². The van der Waals surface area contributed by atoms with Crippen LogP contribution in [0.15, 0.2) is 0 Å². The molecule has 0 saturated carbocycles. The molecule has 0 unspecified atom stereocenters. The van der Waals surface area contributed by atoms with Crippen molar-refractivity contribution in [2.75, 3.05) is 0 Å². The van der Waals surface area contributed by atoms with Crippen LogP contribution >= 0.6 is 17.2 Å². The molecule has 236 valence electrons. The summed E-state index contributed by atoms with van der Waals surface area (Å²) in [6.07, 6.45) is 5.30. The molecule has 0 fully saturated rings. The number of hydrogen-bond donors (Lipinski definition) is 0. The van der Waals surface area contributed by atoms with Crippen LogP contribution in [0.5, 0.6) is 0 Å². The van der Waals surface area contributed by atoms with E-state index in [1.54, 1.807) is 0 Å². The van der Waals surface area contributed by atoms with E-state index in [-0.39, 0.29) is 0 Å². The third-order valence-corrected chi connectivity index (χ3v) is 11.7. The van der Waals surface area contributed by atoms with E-state index in [2.05, 4.69) is 83.1 Å². The zero-order chi connectivity index (χ0) is 32.2. The monoisotopic (exact) mass is 648 g/mol. The molecule has 0 saturated heterocycles. The van der Waals surface area contributed by atoms with Crippen LogP contribution in [0, 0.1) is 0 Å². The summed E-state index contributed by atoms with van der Waals surface area (Å²) in [5.74, 6) is 0. The van der Waals surface area contributed by atoms with Gasteiger partial charge in [0.1, 0.15) is 0 Å². The summed E-state index contributed by atoms with van der Waals surface area (Å²) in [6, 6.07) is 0. The first-order valence-electron chi connectivity index (χ1n) is 11.9. The molecule has 0 aromatic heterocycles. The Balaban J connectivity index is -0.000000205. The molecule has 0 aromatic rings. The Morgan fingerprint density at radius 3 is 0.632 bits per heavy atom. The molecule has 6 nitrogen and oxygen atoms in total. The van der Waals surface area contributed by atoms with Crippen molar-refractivity contribution in [1.82, 2.24) is 0 Å². The van der Waals surface area contributed by atoms with Crippen molar-refractivity contribution < 1.29 is 52.3 Å². The summed E-state index contributed by atoms with van der Waals surface area (Å²) in [5, 5.41) is 2.44. The van der Waals surface area contributed by atoms with Gasteiger partial charge in [-0.25, -0.2) is 16.8 Å². The van der Waals surface area contributed by atoms with Crippen molar-refractivity contribution >= 4 is 37.4 Å². The van der Waals surface area contributed by atoms with E-state index in [1.165, 1.54) is 25.7 Å². The summed E-state index contributed by atoms with van der Waals surface area (Å²) in [4.78, 5) is 0. The molecule has 0 N–H and O–H groups in total. The number of rotatable bonds is 8. The minimum absolute atomic E-state index is 0.576. The Morgan fingerprint density at radius 2 is 0.579 bits per heavy atom. The van der Waals surface area contributed by atoms with Crippen molar-refractivity contribution in [3.05, 3.63) is 0 Å². The smallest absolute Gasteiger partial charge is 0.485 e. The Kier molecular flexibility index (Phi) is 19.8. The van der Waals surface area contributed by atoms with Gasteiger partial charge in [-0.1, -0.05) is 27.7 Å². The average molecular weight is 649 g/mol. The van der Waals surface area contributed by atoms with Crippen LogP contribution in [-0.4, -0.2) is 57.6 Å². The first kappa shape index (κ1) is 45.3. The normalized spacial score (nSPS) is 13.8. The molecule has 38 heavy (non-hydrogen) atoms. The van der Waals surface area contributed by atoms with Gasteiger partial charge in [-0.2, -0.15) is 26.3 Å². The molecule has 0 rings (SSSR count). The van der Waals surface area contributed by atoms with Gasteiger partial charge in [-0.15, -0.1) is 0 Å². The van der Waals surface area contributed by atoms with Gasteiger partial charge in [-0.3, -0.25) is 0 Å². The fourth-order valence-electron chi connectivity index (χ4n) is 2.52. The summed E-state index contributed by atoms with van der Waals surface area (Å²) < 4.78 is 118. The maximum atomic E-state index is 10.7. The molecule has 0 aromatic carbocycles. The highest BCUT2D eigenvalue weighted by molar-refractivity contribution is 7.86. The fraction of sp³-hybridized carbons (Fsp3) is 1.00. The van der Waals surface area contributed by atoms with Crippen molar-refractivity contribution in [2.24, 2.45) is 0 Å². The molecule has 0 atom stereocenters. The molecule has 0 amide bonds. The summed E-state index contributed by atoms with van der Waals surface area (Å²) in [6.45, 7) is 28.4. The van der Waals surface area contributed by atoms with Gasteiger partial charge in [0.15, 0.2) is 20.2 Å². The fourth-order valence-corrected chi connectivity index (χ4v) is 7.57. The number of halogens is 6.